The number of halogens is 3. The van der Waals surface area contributed by atoms with E-state index in [2.05, 4.69) is 0 Å². The highest BCUT2D eigenvalue weighted by Gasteiger charge is 2.18. The van der Waals surface area contributed by atoms with Gasteiger partial charge in [0.15, 0.2) is 17.2 Å². The molecule has 3 aromatic rings. The molecule has 5 heteroatoms. The Morgan fingerprint density at radius 3 is 2.52 bits per heavy atom. The Hall–Kier alpha value is -2.20. The molecule has 2 nitrogen and oxygen atoms in total. The molecule has 1 aromatic heterocycles. The van der Waals surface area contributed by atoms with E-state index in [9.17, 15) is 13.6 Å². The maximum atomic E-state index is 13.7. The molecule has 21 heavy (non-hydrogen) atoms. The van der Waals surface area contributed by atoms with Crippen LogP contribution in [0.3, 0.4) is 0 Å². The van der Waals surface area contributed by atoms with Gasteiger partial charge in [-0.25, -0.2) is 8.78 Å². The zero-order valence-electron chi connectivity index (χ0n) is 10.7. The Bertz CT molecular complexity index is 819. The largest absolute Gasteiger partial charge is 0.450 e. The molecule has 0 fully saturated rings. The molecule has 2 aromatic carbocycles. The smallest absolute Gasteiger partial charge is 0.202 e. The molecule has 0 aliphatic heterocycles. The van der Waals surface area contributed by atoms with E-state index in [4.69, 9.17) is 16.0 Å². The van der Waals surface area contributed by atoms with E-state index in [1.807, 2.05) is 0 Å². The van der Waals surface area contributed by atoms with Crippen molar-refractivity contribution in [2.24, 2.45) is 0 Å². The van der Waals surface area contributed by atoms with Crippen LogP contribution in [-0.4, -0.2) is 5.78 Å². The van der Waals surface area contributed by atoms with Gasteiger partial charge in [0.05, 0.1) is 0 Å². The number of para-hydroxylation sites is 1. The summed E-state index contributed by atoms with van der Waals surface area (Å²) < 4.78 is 32.4. The Labute approximate surface area is 123 Å². The van der Waals surface area contributed by atoms with E-state index >= 15 is 0 Å². The van der Waals surface area contributed by atoms with Gasteiger partial charge in [-0.15, -0.1) is 0 Å². The Kier molecular flexibility index (Phi) is 3.47. The first-order chi connectivity index (χ1) is 10.1. The van der Waals surface area contributed by atoms with Crippen molar-refractivity contribution in [2.45, 2.75) is 6.42 Å². The van der Waals surface area contributed by atoms with Crippen molar-refractivity contribution < 1.29 is 18.0 Å². The van der Waals surface area contributed by atoms with Gasteiger partial charge in [-0.2, -0.15) is 0 Å². The molecule has 0 spiro atoms. The second-order valence-corrected chi connectivity index (χ2v) is 4.98. The molecule has 0 unspecified atom stereocenters. The van der Waals surface area contributed by atoms with Crippen LogP contribution in [0, 0.1) is 11.6 Å². The minimum atomic E-state index is -0.557. The molecule has 0 aliphatic rings. The van der Waals surface area contributed by atoms with Gasteiger partial charge in [0.25, 0.3) is 0 Å². The monoisotopic (exact) mass is 306 g/mol. The van der Waals surface area contributed by atoms with Crippen molar-refractivity contribution in [1.29, 1.82) is 0 Å². The molecular formula is C16H9ClF2O2. The second kappa shape index (κ2) is 5.30. The SMILES string of the molecule is O=C(Cc1c(F)cccc1Cl)c1cc2cccc(F)c2o1. The average molecular weight is 307 g/mol. The number of furan rings is 1. The summed E-state index contributed by atoms with van der Waals surface area (Å²) >= 11 is 5.88. The first-order valence-corrected chi connectivity index (χ1v) is 6.58. The molecule has 0 bridgehead atoms. The first-order valence-electron chi connectivity index (χ1n) is 6.20. The van der Waals surface area contributed by atoms with Crippen LogP contribution in [0.1, 0.15) is 16.1 Å². The lowest BCUT2D eigenvalue weighted by Crippen LogP contribution is -2.04. The van der Waals surface area contributed by atoms with E-state index < -0.39 is 17.4 Å². The highest BCUT2D eigenvalue weighted by Crippen LogP contribution is 2.25. The van der Waals surface area contributed by atoms with Crippen LogP contribution in [0.5, 0.6) is 0 Å². The van der Waals surface area contributed by atoms with Gasteiger partial charge >= 0.3 is 0 Å². The van der Waals surface area contributed by atoms with Crippen molar-refractivity contribution in [1.82, 2.24) is 0 Å². The van der Waals surface area contributed by atoms with Gasteiger partial charge in [0.1, 0.15) is 5.82 Å². The molecule has 0 atom stereocenters. The normalized spacial score (nSPS) is 11.0. The molecule has 0 N–H and O–H groups in total. The lowest BCUT2D eigenvalue weighted by molar-refractivity contribution is 0.0967. The van der Waals surface area contributed by atoms with Crippen LogP contribution in [0.15, 0.2) is 46.9 Å². The summed E-state index contributed by atoms with van der Waals surface area (Å²) in [5.41, 5.74) is 0.116. The molecule has 0 amide bonds. The number of hydrogen-bond acceptors (Lipinski definition) is 2. The minimum absolute atomic E-state index is 0.0143. The molecular weight excluding hydrogens is 298 g/mol. The summed E-state index contributed by atoms with van der Waals surface area (Å²) in [4.78, 5) is 12.2. The summed E-state index contributed by atoms with van der Waals surface area (Å²) in [5.74, 6) is -1.58. The molecule has 1 heterocycles. The maximum absolute atomic E-state index is 13.7. The Morgan fingerprint density at radius 1 is 1.10 bits per heavy atom. The molecule has 106 valence electrons. The second-order valence-electron chi connectivity index (χ2n) is 4.57. The van der Waals surface area contributed by atoms with Gasteiger partial charge in [0, 0.05) is 22.4 Å². The predicted octanol–water partition coefficient (Wildman–Crippen LogP) is 4.79. The van der Waals surface area contributed by atoms with Crippen LogP contribution < -0.4 is 0 Å². The van der Waals surface area contributed by atoms with E-state index in [0.717, 1.165) is 0 Å². The Balaban J connectivity index is 1.96. The van der Waals surface area contributed by atoms with Crippen LogP contribution in [0.2, 0.25) is 5.02 Å². The topological polar surface area (TPSA) is 30.2 Å². The molecule has 0 saturated heterocycles. The number of benzene rings is 2. The third kappa shape index (κ3) is 2.54. The van der Waals surface area contributed by atoms with Crippen LogP contribution in [0.4, 0.5) is 8.78 Å². The highest BCUT2D eigenvalue weighted by atomic mass is 35.5. The van der Waals surface area contributed by atoms with E-state index in [0.29, 0.717) is 5.39 Å². The third-order valence-electron chi connectivity index (χ3n) is 3.17. The molecule has 0 aliphatic carbocycles. The van der Waals surface area contributed by atoms with E-state index in [-0.39, 0.29) is 28.4 Å². The zero-order valence-corrected chi connectivity index (χ0v) is 11.5. The number of carbonyl (C=O) groups is 1. The number of carbonyl (C=O) groups excluding carboxylic acids is 1. The number of hydrogen-bond donors (Lipinski definition) is 0. The van der Waals surface area contributed by atoms with E-state index in [1.54, 1.807) is 6.07 Å². The van der Waals surface area contributed by atoms with Crippen LogP contribution >= 0.6 is 11.6 Å². The average Bonchev–Trinajstić information content (AvgIpc) is 2.88. The van der Waals surface area contributed by atoms with Crippen LogP contribution in [0.25, 0.3) is 11.0 Å². The predicted molar refractivity (Wildman–Crippen MR) is 75.6 cm³/mol. The summed E-state index contributed by atoms with van der Waals surface area (Å²) in [6.45, 7) is 0. The summed E-state index contributed by atoms with van der Waals surface area (Å²) in [6.07, 6.45) is -0.243. The fourth-order valence-corrected chi connectivity index (χ4v) is 2.34. The number of ketones is 1. The summed E-state index contributed by atoms with van der Waals surface area (Å²) in [5, 5.41) is 0.656. The number of Topliss-reactive ketones (excluding diaryl/α,β-unsaturated/α-hetero) is 1. The van der Waals surface area contributed by atoms with Crippen molar-refractivity contribution in [2.75, 3.05) is 0 Å². The fourth-order valence-electron chi connectivity index (χ4n) is 2.11. The van der Waals surface area contributed by atoms with Gasteiger partial charge in [-0.1, -0.05) is 29.8 Å². The number of rotatable bonds is 3. The third-order valence-corrected chi connectivity index (χ3v) is 3.52. The van der Waals surface area contributed by atoms with Gasteiger partial charge in [-0.05, 0) is 24.3 Å². The maximum Gasteiger partial charge on any atom is 0.202 e. The number of fused-ring (bicyclic) bond motifs is 1. The minimum Gasteiger partial charge on any atom is -0.450 e. The van der Waals surface area contributed by atoms with Crippen molar-refractivity contribution in [3.8, 4) is 0 Å². The van der Waals surface area contributed by atoms with Gasteiger partial charge in [0.2, 0.25) is 5.78 Å². The van der Waals surface area contributed by atoms with Gasteiger partial charge < -0.3 is 4.42 Å². The lowest BCUT2D eigenvalue weighted by Gasteiger charge is -2.03. The quantitative estimate of drug-likeness (QED) is 0.651. The van der Waals surface area contributed by atoms with Crippen LogP contribution in [-0.2, 0) is 6.42 Å². The van der Waals surface area contributed by atoms with Crippen molar-refractivity contribution in [3.63, 3.8) is 0 Å². The highest BCUT2D eigenvalue weighted by molar-refractivity contribution is 6.31. The first kappa shape index (κ1) is 13.8. The summed E-state index contributed by atoms with van der Waals surface area (Å²) in [7, 11) is 0. The zero-order chi connectivity index (χ0) is 15.0. The fraction of sp³-hybridized carbons (Fsp3) is 0.0625. The Morgan fingerprint density at radius 2 is 1.81 bits per heavy atom. The van der Waals surface area contributed by atoms with E-state index in [1.165, 1.54) is 36.4 Å². The standard InChI is InChI=1S/C16H9ClF2O2/c17-11-4-2-5-12(18)10(11)8-14(20)15-7-9-3-1-6-13(19)16(9)21-15/h1-7H,8H2. The van der Waals surface area contributed by atoms with Gasteiger partial charge in [-0.3, -0.25) is 4.79 Å². The summed E-state index contributed by atoms with van der Waals surface area (Å²) in [6, 6.07) is 10.0. The molecule has 3 rings (SSSR count). The van der Waals surface area contributed by atoms with Crippen molar-refractivity contribution in [3.05, 3.63) is 70.4 Å². The molecule has 0 saturated carbocycles. The van der Waals surface area contributed by atoms with Crippen molar-refractivity contribution >= 4 is 28.4 Å². The molecule has 0 radical (unpaired) electrons. The lowest BCUT2D eigenvalue weighted by atomic mass is 10.1.